The van der Waals surface area contributed by atoms with E-state index in [0.29, 0.717) is 11.4 Å². The van der Waals surface area contributed by atoms with Gasteiger partial charge in [-0.1, -0.05) is 12.5 Å². The second-order valence-corrected chi connectivity index (χ2v) is 10.3. The number of carboxylic acid groups (broad SMARTS) is 1. The number of carbonyl (C=O) groups is 1. The van der Waals surface area contributed by atoms with Crippen LogP contribution in [0.4, 0.5) is 4.39 Å². The van der Waals surface area contributed by atoms with Crippen LogP contribution in [0.1, 0.15) is 53.4 Å². The van der Waals surface area contributed by atoms with Gasteiger partial charge in [0.1, 0.15) is 10.7 Å². The zero-order valence-corrected chi connectivity index (χ0v) is 18.8. The van der Waals surface area contributed by atoms with Gasteiger partial charge in [0.2, 0.25) is 0 Å². The number of halogens is 1. The Bertz CT molecular complexity index is 1220. The van der Waals surface area contributed by atoms with E-state index in [2.05, 4.69) is 22.6 Å². The molecule has 0 amide bonds. The molecule has 32 heavy (non-hydrogen) atoms. The molecule has 5 nitrogen and oxygen atoms in total. The number of aromatic nitrogens is 2. The molecule has 1 aromatic carbocycles. The van der Waals surface area contributed by atoms with Gasteiger partial charge >= 0.3 is 5.97 Å². The molecule has 0 radical (unpaired) electrons. The van der Waals surface area contributed by atoms with Crippen molar-refractivity contribution in [2.45, 2.75) is 45.3 Å². The zero-order chi connectivity index (χ0) is 22.7. The topological polar surface area (TPSA) is 75.3 Å². The van der Waals surface area contributed by atoms with E-state index in [-0.39, 0.29) is 22.0 Å². The smallest absolute Gasteiger partial charge is 0.345 e. The molecule has 1 aliphatic heterocycles. The summed E-state index contributed by atoms with van der Waals surface area (Å²) in [5.41, 5.74) is 2.56. The Morgan fingerprint density at radius 1 is 1.28 bits per heavy atom. The highest BCUT2D eigenvalue weighted by molar-refractivity contribution is 7.14. The summed E-state index contributed by atoms with van der Waals surface area (Å²) in [7, 11) is 0. The number of nitrogens with zero attached hydrogens (tertiary/aromatic N) is 2. The van der Waals surface area contributed by atoms with E-state index < -0.39 is 11.6 Å². The third kappa shape index (κ3) is 3.22. The molecule has 1 saturated carbocycles. The molecule has 1 aliphatic carbocycles. The van der Waals surface area contributed by atoms with Crippen LogP contribution in [-0.4, -0.2) is 25.7 Å². The summed E-state index contributed by atoms with van der Waals surface area (Å²) in [6.45, 7) is 4.69. The fourth-order valence-electron chi connectivity index (χ4n) is 5.59. The van der Waals surface area contributed by atoms with Crippen LogP contribution in [0.3, 0.4) is 0 Å². The van der Waals surface area contributed by atoms with Crippen LogP contribution >= 0.6 is 11.3 Å². The summed E-state index contributed by atoms with van der Waals surface area (Å²) in [6, 6.07) is 9.70. The molecule has 1 fully saturated rings. The molecule has 2 aromatic heterocycles. The predicted molar refractivity (Wildman–Crippen MR) is 122 cm³/mol. The molecule has 0 unspecified atom stereocenters. The largest absolute Gasteiger partial charge is 0.477 e. The number of hydrogen-bond acceptors (Lipinski definition) is 4. The number of benzene rings is 1. The number of aliphatic hydroxyl groups is 1. The first-order valence-electron chi connectivity index (χ1n) is 10.8. The average molecular weight is 453 g/mol. The number of allylic oxidation sites excluding steroid dienone is 1. The Balaban J connectivity index is 1.53. The summed E-state index contributed by atoms with van der Waals surface area (Å²) in [4.78, 5) is 16.9. The highest BCUT2D eigenvalue weighted by Crippen LogP contribution is 2.56. The van der Waals surface area contributed by atoms with Crippen LogP contribution in [0.5, 0.6) is 0 Å². The fourth-order valence-corrected chi connectivity index (χ4v) is 6.53. The van der Waals surface area contributed by atoms with Crippen molar-refractivity contribution in [2.24, 2.45) is 11.3 Å². The van der Waals surface area contributed by atoms with Crippen molar-refractivity contribution in [3.63, 3.8) is 0 Å². The fraction of sp³-hybridized carbons (Fsp3) is 0.360. The van der Waals surface area contributed by atoms with Gasteiger partial charge in [-0.3, -0.25) is 0 Å². The van der Waals surface area contributed by atoms with Crippen LogP contribution in [0, 0.1) is 17.2 Å². The highest BCUT2D eigenvalue weighted by atomic mass is 32.1. The van der Waals surface area contributed by atoms with Gasteiger partial charge in [0.05, 0.1) is 23.3 Å². The predicted octanol–water partition coefficient (Wildman–Crippen LogP) is 5.56. The zero-order valence-electron chi connectivity index (χ0n) is 18.0. The summed E-state index contributed by atoms with van der Waals surface area (Å²) >= 11 is 1.15. The number of rotatable bonds is 4. The lowest BCUT2D eigenvalue weighted by Crippen LogP contribution is -2.48. The third-order valence-corrected chi connectivity index (χ3v) is 8.54. The van der Waals surface area contributed by atoms with Gasteiger partial charge < -0.3 is 14.8 Å². The maximum absolute atomic E-state index is 13.4. The SMILES string of the molecule is C[C@]12Cn3cnc(-c4ccc(F)cc4)c3C=C1CCC[C@@H]2[C@@](C)(O)c1ccc(C(=O)O)s1. The van der Waals surface area contributed by atoms with E-state index in [0.717, 1.165) is 47.6 Å². The van der Waals surface area contributed by atoms with E-state index in [1.807, 2.05) is 13.3 Å². The first-order valence-corrected chi connectivity index (χ1v) is 11.6. The van der Waals surface area contributed by atoms with Crippen LogP contribution in [0.25, 0.3) is 17.3 Å². The van der Waals surface area contributed by atoms with Crippen molar-refractivity contribution in [3.8, 4) is 11.3 Å². The van der Waals surface area contributed by atoms with Crippen LogP contribution in [0.2, 0.25) is 0 Å². The molecule has 166 valence electrons. The minimum Gasteiger partial charge on any atom is -0.477 e. The lowest BCUT2D eigenvalue weighted by Gasteiger charge is -2.51. The van der Waals surface area contributed by atoms with Gasteiger partial charge in [-0.05, 0) is 68.7 Å². The molecule has 5 rings (SSSR count). The van der Waals surface area contributed by atoms with E-state index in [1.165, 1.54) is 17.7 Å². The molecule has 0 bridgehead atoms. The molecule has 3 atom stereocenters. The van der Waals surface area contributed by atoms with E-state index in [1.54, 1.807) is 24.3 Å². The Kier molecular flexibility index (Phi) is 4.87. The quantitative estimate of drug-likeness (QED) is 0.543. The van der Waals surface area contributed by atoms with Gasteiger partial charge in [0.15, 0.2) is 0 Å². The lowest BCUT2D eigenvalue weighted by molar-refractivity contribution is -0.0687. The Morgan fingerprint density at radius 3 is 2.72 bits per heavy atom. The Labute approximate surface area is 189 Å². The molecule has 0 saturated heterocycles. The summed E-state index contributed by atoms with van der Waals surface area (Å²) < 4.78 is 15.5. The second kappa shape index (κ2) is 7.39. The van der Waals surface area contributed by atoms with Crippen molar-refractivity contribution >= 4 is 23.4 Å². The maximum atomic E-state index is 13.4. The maximum Gasteiger partial charge on any atom is 0.345 e. The molecule has 0 spiro atoms. The standard InChI is InChI=1S/C25H25FN2O3S/c1-24-13-28-14-27-22(15-6-8-17(26)9-7-15)18(28)12-16(24)4-3-5-20(24)25(2,31)21-11-10-19(32-21)23(29)30/h6-12,14,20,31H,3-5,13H2,1-2H3,(H,29,30)/t20-,24-,25+/m0/s1. The molecule has 3 aromatic rings. The van der Waals surface area contributed by atoms with Crippen molar-refractivity contribution < 1.29 is 19.4 Å². The summed E-state index contributed by atoms with van der Waals surface area (Å²) in [5, 5.41) is 21.0. The number of fused-ring (bicyclic) bond motifs is 2. The number of thiophene rings is 1. The molecule has 2 aliphatic rings. The summed E-state index contributed by atoms with van der Waals surface area (Å²) in [6.07, 6.45) is 6.77. The van der Waals surface area contributed by atoms with Gasteiger partial charge in [-0.15, -0.1) is 11.3 Å². The third-order valence-electron chi connectivity index (χ3n) is 7.24. The van der Waals surface area contributed by atoms with Gasteiger partial charge in [0, 0.05) is 28.3 Å². The van der Waals surface area contributed by atoms with Gasteiger partial charge in [-0.25, -0.2) is 14.2 Å². The number of aromatic carboxylic acids is 1. The second-order valence-electron chi connectivity index (χ2n) is 9.26. The van der Waals surface area contributed by atoms with Crippen LogP contribution in [0.15, 0.2) is 48.3 Å². The number of carboxylic acids is 1. The number of hydrogen-bond donors (Lipinski definition) is 2. The van der Waals surface area contributed by atoms with Crippen LogP contribution < -0.4 is 0 Å². The molecule has 7 heteroatoms. The van der Waals surface area contributed by atoms with Crippen molar-refractivity contribution in [3.05, 3.63) is 69.6 Å². The van der Waals surface area contributed by atoms with Crippen LogP contribution in [-0.2, 0) is 12.1 Å². The first-order chi connectivity index (χ1) is 15.2. The van der Waals surface area contributed by atoms with Gasteiger partial charge in [0.25, 0.3) is 0 Å². The molecule has 3 heterocycles. The lowest BCUT2D eigenvalue weighted by atomic mass is 9.58. The van der Waals surface area contributed by atoms with Crippen molar-refractivity contribution in [1.82, 2.24) is 9.55 Å². The van der Waals surface area contributed by atoms with Gasteiger partial charge in [-0.2, -0.15) is 0 Å². The first kappa shape index (κ1) is 21.1. The van der Waals surface area contributed by atoms with E-state index >= 15 is 0 Å². The van der Waals surface area contributed by atoms with E-state index in [4.69, 9.17) is 0 Å². The minimum absolute atomic E-state index is 0.0693. The molecule has 2 N–H and O–H groups in total. The summed E-state index contributed by atoms with van der Waals surface area (Å²) in [5.74, 6) is -1.31. The monoisotopic (exact) mass is 452 g/mol. The van der Waals surface area contributed by atoms with Crippen molar-refractivity contribution in [2.75, 3.05) is 0 Å². The number of imidazole rings is 1. The minimum atomic E-state index is -1.15. The Morgan fingerprint density at radius 2 is 2.03 bits per heavy atom. The average Bonchev–Trinajstić information content (AvgIpc) is 3.39. The molecular weight excluding hydrogens is 427 g/mol. The normalized spacial score (nSPS) is 24.2. The molecular formula is C25H25FN2O3S. The highest BCUT2D eigenvalue weighted by Gasteiger charge is 2.51. The van der Waals surface area contributed by atoms with Crippen molar-refractivity contribution in [1.29, 1.82) is 0 Å². The Hall–Kier alpha value is -2.77. The van der Waals surface area contributed by atoms with E-state index in [9.17, 15) is 19.4 Å².